The second kappa shape index (κ2) is 13.0. The summed E-state index contributed by atoms with van der Waals surface area (Å²) in [6.45, 7) is 8.71. The molecule has 42 heavy (non-hydrogen) atoms. The molecule has 2 aromatic rings. The Balaban J connectivity index is 1.46. The zero-order chi connectivity index (χ0) is 30.6. The van der Waals surface area contributed by atoms with E-state index in [1.54, 1.807) is 83.2 Å². The van der Waals surface area contributed by atoms with Crippen molar-refractivity contribution in [3.05, 3.63) is 65.7 Å². The third-order valence-corrected chi connectivity index (χ3v) is 7.47. The van der Waals surface area contributed by atoms with E-state index in [4.69, 9.17) is 9.47 Å². The fourth-order valence-electron chi connectivity index (χ4n) is 5.23. The van der Waals surface area contributed by atoms with Gasteiger partial charge in [0.2, 0.25) is 30.4 Å². The van der Waals surface area contributed by atoms with Gasteiger partial charge in [0, 0.05) is 12.1 Å². The molecule has 0 saturated carbocycles. The summed E-state index contributed by atoms with van der Waals surface area (Å²) >= 11 is 0. The molecule has 0 aromatic heterocycles. The first-order valence-electron chi connectivity index (χ1n) is 14.1. The molecule has 4 rings (SSSR count). The molecule has 2 aliphatic rings. The van der Waals surface area contributed by atoms with E-state index in [9.17, 15) is 24.0 Å². The lowest BCUT2D eigenvalue weighted by molar-refractivity contribution is -0.143. The molecule has 2 aliphatic heterocycles. The number of nitrogens with one attached hydrogen (secondary N) is 2. The highest BCUT2D eigenvalue weighted by Gasteiger charge is 2.51. The van der Waals surface area contributed by atoms with Crippen LogP contribution in [0.15, 0.2) is 54.6 Å². The quantitative estimate of drug-likeness (QED) is 0.239. The molecule has 10 nitrogen and oxygen atoms in total. The minimum absolute atomic E-state index is 0.144. The van der Waals surface area contributed by atoms with Crippen LogP contribution in [0.1, 0.15) is 58.2 Å². The predicted octanol–water partition coefficient (Wildman–Crippen LogP) is 3.42. The highest BCUT2D eigenvalue weighted by Crippen LogP contribution is 2.33. The number of benzene rings is 2. The van der Waals surface area contributed by atoms with Crippen molar-refractivity contribution in [2.75, 3.05) is 6.79 Å². The second-order valence-corrected chi connectivity index (χ2v) is 11.2. The van der Waals surface area contributed by atoms with Crippen LogP contribution in [0, 0.1) is 17.8 Å². The monoisotopic (exact) mass is 575 g/mol. The second-order valence-electron chi connectivity index (χ2n) is 11.2. The molecule has 2 heterocycles. The number of carbonyl (C=O) groups is 5. The average molecular weight is 576 g/mol. The molecule has 0 spiro atoms. The smallest absolute Gasteiger partial charge is 0.244 e. The van der Waals surface area contributed by atoms with Crippen LogP contribution < -0.4 is 20.1 Å². The molecular formula is C32H37N3O7. The lowest BCUT2D eigenvalue weighted by atomic mass is 9.85. The predicted molar refractivity (Wildman–Crippen MR) is 155 cm³/mol. The van der Waals surface area contributed by atoms with Crippen LogP contribution in [-0.4, -0.2) is 53.2 Å². The molecule has 2 N–H and O–H groups in total. The Kier molecular flexibility index (Phi) is 9.45. The summed E-state index contributed by atoms with van der Waals surface area (Å²) in [5, 5.41) is 5.66. The summed E-state index contributed by atoms with van der Waals surface area (Å²) in [5.74, 6) is -3.35. The van der Waals surface area contributed by atoms with E-state index in [0.29, 0.717) is 17.1 Å². The van der Waals surface area contributed by atoms with Gasteiger partial charge in [-0.2, -0.15) is 0 Å². The molecule has 1 fully saturated rings. The molecule has 2 aromatic carbocycles. The summed E-state index contributed by atoms with van der Waals surface area (Å²) in [6, 6.07) is 12.3. The number of ketones is 1. The van der Waals surface area contributed by atoms with E-state index in [-0.39, 0.29) is 31.1 Å². The van der Waals surface area contributed by atoms with Gasteiger partial charge in [0.05, 0.1) is 24.4 Å². The summed E-state index contributed by atoms with van der Waals surface area (Å²) in [4.78, 5) is 66.6. The van der Waals surface area contributed by atoms with Gasteiger partial charge >= 0.3 is 0 Å². The number of fused-ring (bicyclic) bond motifs is 1. The third-order valence-electron chi connectivity index (χ3n) is 7.47. The average Bonchev–Trinajstić information content (AvgIpc) is 3.51. The number of hydrogen-bond donors (Lipinski definition) is 2. The molecule has 0 radical (unpaired) electrons. The van der Waals surface area contributed by atoms with Crippen LogP contribution in [0.2, 0.25) is 0 Å². The Morgan fingerprint density at radius 2 is 1.64 bits per heavy atom. The molecule has 4 atom stereocenters. The molecule has 0 unspecified atom stereocenters. The van der Waals surface area contributed by atoms with E-state index in [0.717, 1.165) is 10.5 Å². The minimum Gasteiger partial charge on any atom is -0.454 e. The number of amides is 4. The molecule has 0 aliphatic carbocycles. The van der Waals surface area contributed by atoms with Gasteiger partial charge in [0.15, 0.2) is 17.3 Å². The maximum Gasteiger partial charge on any atom is 0.244 e. The summed E-state index contributed by atoms with van der Waals surface area (Å²) < 4.78 is 10.7. The zero-order valence-corrected chi connectivity index (χ0v) is 24.5. The van der Waals surface area contributed by atoms with Crippen molar-refractivity contribution < 1.29 is 33.4 Å². The fourth-order valence-corrected chi connectivity index (χ4v) is 5.23. The van der Waals surface area contributed by atoms with Gasteiger partial charge in [-0.05, 0) is 49.1 Å². The van der Waals surface area contributed by atoms with Gasteiger partial charge < -0.3 is 20.1 Å². The number of hydrogen-bond acceptors (Lipinski definition) is 7. The Morgan fingerprint density at radius 3 is 2.29 bits per heavy atom. The van der Waals surface area contributed by atoms with Crippen LogP contribution in [0.4, 0.5) is 0 Å². The highest BCUT2D eigenvalue weighted by molar-refractivity contribution is 6.16. The summed E-state index contributed by atoms with van der Waals surface area (Å²) in [7, 11) is 0. The van der Waals surface area contributed by atoms with Gasteiger partial charge in [-0.25, -0.2) is 0 Å². The Labute approximate surface area is 245 Å². The maximum absolute atomic E-state index is 13.6. The highest BCUT2D eigenvalue weighted by atomic mass is 16.7. The number of carbonyl (C=O) groups excluding carboxylic acids is 5. The van der Waals surface area contributed by atoms with Gasteiger partial charge in [0.1, 0.15) is 5.92 Å². The number of ether oxygens (including phenoxy) is 2. The van der Waals surface area contributed by atoms with Crippen LogP contribution in [0.25, 0.3) is 6.08 Å². The molecular weight excluding hydrogens is 538 g/mol. The van der Waals surface area contributed by atoms with Gasteiger partial charge in [-0.15, -0.1) is 0 Å². The topological polar surface area (TPSA) is 131 Å². The van der Waals surface area contributed by atoms with Gasteiger partial charge in [0.25, 0.3) is 0 Å². The maximum atomic E-state index is 13.6. The number of nitrogens with zero attached hydrogens (tertiary/aromatic N) is 1. The normalized spacial score (nSPS) is 19.5. The van der Waals surface area contributed by atoms with Gasteiger partial charge in [-0.1, -0.05) is 57.2 Å². The third kappa shape index (κ3) is 6.70. The van der Waals surface area contributed by atoms with E-state index in [1.165, 1.54) is 6.08 Å². The standard InChI is InChI=1S/C32H37N3O7/c1-18(2)29(30(38)28-20(5)31(39)35(19(3)4)32(28)40)34-27(37)16-23(22-9-7-6-8-10-22)33-26(36)14-12-21-11-13-24-25(15-21)42-17-41-24/h6-15,18-20,23,28-29H,16-17H2,1-5H3,(H,33,36)(H,34,37)/b14-12+/t20-,23-,28+,29-/m0/s1. The first-order chi connectivity index (χ1) is 20.0. The van der Waals surface area contributed by atoms with Crippen molar-refractivity contribution in [3.63, 3.8) is 0 Å². The first-order valence-corrected chi connectivity index (χ1v) is 14.1. The molecule has 1 saturated heterocycles. The Hall–Kier alpha value is -4.47. The number of rotatable bonds is 11. The SMILES string of the molecule is CC(C)[C@H](NC(=O)C[C@H](NC(=O)/C=C/c1ccc2c(c1)OCO2)c1ccccc1)C(=O)[C@@H]1C(=O)N(C(C)C)C(=O)[C@H]1C. The molecule has 4 amide bonds. The van der Waals surface area contributed by atoms with Crippen LogP contribution in [-0.2, 0) is 24.0 Å². The summed E-state index contributed by atoms with van der Waals surface area (Å²) in [5.41, 5.74) is 1.45. The molecule has 0 bridgehead atoms. The molecule has 222 valence electrons. The van der Waals surface area contributed by atoms with E-state index in [2.05, 4.69) is 10.6 Å². The van der Waals surface area contributed by atoms with Crippen molar-refractivity contribution in [2.45, 2.75) is 59.2 Å². The van der Waals surface area contributed by atoms with Crippen LogP contribution in [0.5, 0.6) is 11.5 Å². The lowest BCUT2D eigenvalue weighted by Crippen LogP contribution is -2.50. The number of imide groups is 1. The number of Topliss-reactive ketones (excluding diaryl/α,β-unsaturated/α-hetero) is 1. The number of likely N-dealkylation sites (tertiary alicyclic amines) is 1. The largest absolute Gasteiger partial charge is 0.454 e. The van der Waals surface area contributed by atoms with E-state index < -0.39 is 47.4 Å². The minimum atomic E-state index is -1.15. The lowest BCUT2D eigenvalue weighted by Gasteiger charge is -2.26. The van der Waals surface area contributed by atoms with Gasteiger partial charge in [-0.3, -0.25) is 28.9 Å². The van der Waals surface area contributed by atoms with Crippen molar-refractivity contribution >= 4 is 35.5 Å². The molecule has 10 heteroatoms. The van der Waals surface area contributed by atoms with Crippen molar-refractivity contribution in [2.24, 2.45) is 17.8 Å². The van der Waals surface area contributed by atoms with Crippen molar-refractivity contribution in [3.8, 4) is 11.5 Å². The van der Waals surface area contributed by atoms with Crippen molar-refractivity contribution in [1.82, 2.24) is 15.5 Å². The fraction of sp³-hybridized carbons (Fsp3) is 0.406. The Bertz CT molecular complexity index is 1390. The Morgan fingerprint density at radius 1 is 0.952 bits per heavy atom. The summed E-state index contributed by atoms with van der Waals surface area (Å²) in [6.07, 6.45) is 2.86. The van der Waals surface area contributed by atoms with Crippen LogP contribution >= 0.6 is 0 Å². The van der Waals surface area contributed by atoms with Crippen molar-refractivity contribution in [1.29, 1.82) is 0 Å². The van der Waals surface area contributed by atoms with E-state index >= 15 is 0 Å². The zero-order valence-electron chi connectivity index (χ0n) is 24.5. The first kappa shape index (κ1) is 30.5. The van der Waals surface area contributed by atoms with E-state index in [1.807, 2.05) is 6.07 Å². The van der Waals surface area contributed by atoms with Crippen LogP contribution in [0.3, 0.4) is 0 Å².